The summed E-state index contributed by atoms with van der Waals surface area (Å²) in [5.41, 5.74) is 5.94. The first-order valence-corrected chi connectivity index (χ1v) is 5.64. The molecule has 92 valence electrons. The SMILES string of the molecule is CN1OC(=O)NC1CC1(CN)CCOCC1. The summed E-state index contributed by atoms with van der Waals surface area (Å²) in [7, 11) is 1.76. The number of carbonyl (C=O) groups excluding carboxylic acids is 1. The molecule has 2 aliphatic heterocycles. The molecule has 2 rings (SSSR count). The fraction of sp³-hybridized carbons (Fsp3) is 0.900. The lowest BCUT2D eigenvalue weighted by Gasteiger charge is -2.38. The smallest absolute Gasteiger partial charge is 0.381 e. The summed E-state index contributed by atoms with van der Waals surface area (Å²) >= 11 is 0. The number of ether oxygens (including phenoxy) is 1. The van der Waals surface area contributed by atoms with E-state index in [-0.39, 0.29) is 17.7 Å². The van der Waals surface area contributed by atoms with E-state index in [9.17, 15) is 4.79 Å². The third-order valence-electron chi connectivity index (χ3n) is 3.56. The lowest BCUT2D eigenvalue weighted by Crippen LogP contribution is -2.45. The van der Waals surface area contributed by atoms with E-state index in [0.29, 0.717) is 6.54 Å². The van der Waals surface area contributed by atoms with Crippen LogP contribution in [0.5, 0.6) is 0 Å². The summed E-state index contributed by atoms with van der Waals surface area (Å²) in [5, 5.41) is 4.34. The Hall–Kier alpha value is -0.850. The van der Waals surface area contributed by atoms with Crippen molar-refractivity contribution in [1.29, 1.82) is 0 Å². The van der Waals surface area contributed by atoms with Crippen LogP contribution in [0.15, 0.2) is 0 Å². The van der Waals surface area contributed by atoms with Crippen molar-refractivity contribution in [2.24, 2.45) is 11.1 Å². The highest BCUT2D eigenvalue weighted by Crippen LogP contribution is 2.35. The molecule has 0 aromatic heterocycles. The number of nitrogens with zero attached hydrogens (tertiary/aromatic N) is 1. The molecule has 1 atom stereocenters. The first-order chi connectivity index (χ1) is 7.65. The minimum absolute atomic E-state index is 0.0676. The molecule has 0 aromatic rings. The molecular formula is C10H19N3O3. The molecule has 2 saturated heterocycles. The second-order valence-electron chi connectivity index (χ2n) is 4.61. The Morgan fingerprint density at radius 1 is 1.56 bits per heavy atom. The van der Waals surface area contributed by atoms with Gasteiger partial charge in [0.1, 0.15) is 6.17 Å². The molecule has 0 spiro atoms. The second-order valence-corrected chi connectivity index (χ2v) is 4.61. The number of rotatable bonds is 3. The number of amides is 1. The van der Waals surface area contributed by atoms with Gasteiger partial charge >= 0.3 is 6.09 Å². The second kappa shape index (κ2) is 4.57. The van der Waals surface area contributed by atoms with Crippen LogP contribution in [-0.4, -0.2) is 44.1 Å². The van der Waals surface area contributed by atoms with E-state index in [0.717, 1.165) is 32.5 Å². The van der Waals surface area contributed by atoms with Crippen molar-refractivity contribution in [3.8, 4) is 0 Å². The maximum Gasteiger partial charge on any atom is 0.427 e. The van der Waals surface area contributed by atoms with E-state index >= 15 is 0 Å². The molecule has 6 heteroatoms. The highest BCUT2D eigenvalue weighted by atomic mass is 16.7. The van der Waals surface area contributed by atoms with Crippen LogP contribution in [0, 0.1) is 5.41 Å². The number of carbonyl (C=O) groups is 1. The number of nitrogens with two attached hydrogens (primary N) is 1. The zero-order valence-electron chi connectivity index (χ0n) is 9.57. The van der Waals surface area contributed by atoms with Crippen molar-refractivity contribution in [3.05, 3.63) is 0 Å². The minimum atomic E-state index is -0.383. The lowest BCUT2D eigenvalue weighted by molar-refractivity contribution is -0.0849. The topological polar surface area (TPSA) is 76.8 Å². The molecule has 6 nitrogen and oxygen atoms in total. The third kappa shape index (κ3) is 2.28. The monoisotopic (exact) mass is 229 g/mol. The number of hydrogen-bond acceptors (Lipinski definition) is 5. The van der Waals surface area contributed by atoms with Gasteiger partial charge in [0.25, 0.3) is 0 Å². The van der Waals surface area contributed by atoms with Crippen LogP contribution in [0.1, 0.15) is 19.3 Å². The Bertz CT molecular complexity index is 266. The van der Waals surface area contributed by atoms with E-state index in [1.807, 2.05) is 0 Å². The predicted octanol–water partition coefficient (Wildman–Crippen LogP) is 0.0447. The lowest BCUT2D eigenvalue weighted by atomic mass is 9.76. The van der Waals surface area contributed by atoms with Crippen molar-refractivity contribution in [3.63, 3.8) is 0 Å². The van der Waals surface area contributed by atoms with Gasteiger partial charge in [-0.05, 0) is 31.2 Å². The van der Waals surface area contributed by atoms with Crippen molar-refractivity contribution in [1.82, 2.24) is 10.4 Å². The van der Waals surface area contributed by atoms with Gasteiger partial charge in [-0.2, -0.15) is 0 Å². The summed E-state index contributed by atoms with van der Waals surface area (Å²) in [5.74, 6) is 0. The van der Waals surface area contributed by atoms with Crippen LogP contribution in [0.2, 0.25) is 0 Å². The van der Waals surface area contributed by atoms with Crippen molar-refractivity contribution < 1.29 is 14.4 Å². The van der Waals surface area contributed by atoms with Gasteiger partial charge in [0.05, 0.1) is 0 Å². The molecule has 0 bridgehead atoms. The van der Waals surface area contributed by atoms with Crippen LogP contribution in [-0.2, 0) is 9.57 Å². The summed E-state index contributed by atoms with van der Waals surface area (Å²) in [6, 6.07) is 0. The number of nitrogens with one attached hydrogen (secondary N) is 1. The van der Waals surface area contributed by atoms with Gasteiger partial charge in [-0.15, -0.1) is 5.06 Å². The first kappa shape index (κ1) is 11.6. The molecular weight excluding hydrogens is 210 g/mol. The Labute approximate surface area is 95.0 Å². The maximum absolute atomic E-state index is 11.1. The Morgan fingerprint density at radius 2 is 2.25 bits per heavy atom. The van der Waals surface area contributed by atoms with Crippen LogP contribution in [0.3, 0.4) is 0 Å². The van der Waals surface area contributed by atoms with E-state index in [4.69, 9.17) is 15.3 Å². The van der Waals surface area contributed by atoms with Crippen LogP contribution < -0.4 is 11.1 Å². The quantitative estimate of drug-likeness (QED) is 0.714. The van der Waals surface area contributed by atoms with Gasteiger partial charge in [-0.25, -0.2) is 4.79 Å². The van der Waals surface area contributed by atoms with E-state index in [1.165, 1.54) is 0 Å². The average Bonchev–Trinajstić information content (AvgIpc) is 2.59. The standard InChI is InChI=1S/C10H19N3O3/c1-13-8(12-9(14)16-13)6-10(7-11)2-4-15-5-3-10/h8H,2-7,11H2,1H3,(H,12,14). The predicted molar refractivity (Wildman–Crippen MR) is 57.3 cm³/mol. The normalized spacial score (nSPS) is 29.9. The summed E-state index contributed by atoms with van der Waals surface area (Å²) in [6.07, 6.45) is 2.25. The van der Waals surface area contributed by atoms with Crippen LogP contribution in [0.25, 0.3) is 0 Å². The molecule has 1 unspecified atom stereocenters. The Kier molecular flexibility index (Phi) is 3.32. The van der Waals surface area contributed by atoms with Gasteiger partial charge in [-0.1, -0.05) is 0 Å². The summed E-state index contributed by atoms with van der Waals surface area (Å²) < 4.78 is 5.35. The average molecular weight is 229 g/mol. The number of hydrogen-bond donors (Lipinski definition) is 2. The fourth-order valence-electron chi connectivity index (χ4n) is 2.33. The van der Waals surface area contributed by atoms with Gasteiger partial charge in [0.2, 0.25) is 0 Å². The van der Waals surface area contributed by atoms with Gasteiger partial charge < -0.3 is 20.6 Å². The van der Waals surface area contributed by atoms with E-state index in [1.54, 1.807) is 12.1 Å². The zero-order valence-corrected chi connectivity index (χ0v) is 9.57. The Morgan fingerprint density at radius 3 is 2.75 bits per heavy atom. The molecule has 2 heterocycles. The first-order valence-electron chi connectivity index (χ1n) is 5.64. The molecule has 1 amide bonds. The van der Waals surface area contributed by atoms with E-state index in [2.05, 4.69) is 5.32 Å². The van der Waals surface area contributed by atoms with Crippen molar-refractivity contribution >= 4 is 6.09 Å². The fourth-order valence-corrected chi connectivity index (χ4v) is 2.33. The Balaban J connectivity index is 1.98. The summed E-state index contributed by atoms with van der Waals surface area (Å²) in [4.78, 5) is 16.0. The summed E-state index contributed by atoms with van der Waals surface area (Å²) in [6.45, 7) is 2.13. The maximum atomic E-state index is 11.1. The van der Waals surface area contributed by atoms with E-state index < -0.39 is 0 Å². The molecule has 3 N–H and O–H groups in total. The highest BCUT2D eigenvalue weighted by Gasteiger charge is 2.39. The molecule has 0 aromatic carbocycles. The molecule has 0 aliphatic carbocycles. The molecule has 2 fully saturated rings. The van der Waals surface area contributed by atoms with Gasteiger partial charge in [-0.3, -0.25) is 0 Å². The van der Waals surface area contributed by atoms with Gasteiger partial charge in [0, 0.05) is 20.3 Å². The number of hydroxylamine groups is 2. The van der Waals surface area contributed by atoms with Crippen LogP contribution >= 0.6 is 0 Å². The molecule has 0 radical (unpaired) electrons. The molecule has 16 heavy (non-hydrogen) atoms. The molecule has 2 aliphatic rings. The highest BCUT2D eigenvalue weighted by molar-refractivity contribution is 5.68. The van der Waals surface area contributed by atoms with Crippen molar-refractivity contribution in [2.45, 2.75) is 25.4 Å². The third-order valence-corrected chi connectivity index (χ3v) is 3.56. The minimum Gasteiger partial charge on any atom is -0.381 e. The van der Waals surface area contributed by atoms with Crippen LogP contribution in [0.4, 0.5) is 4.79 Å². The largest absolute Gasteiger partial charge is 0.427 e. The van der Waals surface area contributed by atoms with Crippen molar-refractivity contribution in [2.75, 3.05) is 26.8 Å². The zero-order chi connectivity index (χ0) is 11.6. The molecule has 0 saturated carbocycles. The van der Waals surface area contributed by atoms with Gasteiger partial charge in [0.15, 0.2) is 0 Å².